The Hall–Kier alpha value is -1.38. The molecule has 2 saturated carbocycles. The summed E-state index contributed by atoms with van der Waals surface area (Å²) in [7, 11) is 0. The molecular formula is C34H50O2. The Kier molecular flexibility index (Phi) is 7.09. The quantitative estimate of drug-likeness (QED) is 0.420. The van der Waals surface area contributed by atoms with E-state index in [0.29, 0.717) is 23.2 Å². The number of allylic oxidation sites excluding steroid dienone is 3. The minimum Gasteiger partial charge on any atom is -0.393 e. The van der Waals surface area contributed by atoms with E-state index in [1.165, 1.54) is 68.9 Å². The third kappa shape index (κ3) is 4.90. The van der Waals surface area contributed by atoms with Crippen molar-refractivity contribution in [3.63, 3.8) is 0 Å². The van der Waals surface area contributed by atoms with Crippen molar-refractivity contribution >= 4 is 5.57 Å². The molecule has 0 radical (unpaired) electrons. The van der Waals surface area contributed by atoms with Crippen LogP contribution in [0, 0.1) is 22.7 Å². The van der Waals surface area contributed by atoms with Gasteiger partial charge in [0.15, 0.2) is 0 Å². The molecule has 1 aromatic rings. The van der Waals surface area contributed by atoms with Crippen molar-refractivity contribution in [1.29, 1.82) is 0 Å². The van der Waals surface area contributed by atoms with Crippen molar-refractivity contribution in [3.05, 3.63) is 53.1 Å². The van der Waals surface area contributed by atoms with Crippen LogP contribution in [0.25, 0.3) is 5.57 Å². The largest absolute Gasteiger partial charge is 0.393 e. The van der Waals surface area contributed by atoms with Crippen LogP contribution in [0.2, 0.25) is 0 Å². The average molecular weight is 491 g/mol. The lowest BCUT2D eigenvalue weighted by atomic mass is 9.62. The molecule has 0 aromatic heterocycles. The van der Waals surface area contributed by atoms with E-state index in [0.717, 1.165) is 25.0 Å². The maximum Gasteiger partial charge on any atom is 0.0691 e. The van der Waals surface area contributed by atoms with Crippen LogP contribution in [-0.4, -0.2) is 23.4 Å². The molecule has 1 spiro atoms. The van der Waals surface area contributed by atoms with E-state index in [1.807, 2.05) is 0 Å². The van der Waals surface area contributed by atoms with E-state index in [4.69, 9.17) is 4.74 Å². The first kappa shape index (κ1) is 26.2. The molecule has 6 atom stereocenters. The van der Waals surface area contributed by atoms with Gasteiger partial charge in [0.05, 0.1) is 18.3 Å². The molecule has 1 aromatic carbocycles. The van der Waals surface area contributed by atoms with Crippen LogP contribution in [0.15, 0.2) is 42.0 Å². The Labute approximate surface area is 220 Å². The van der Waals surface area contributed by atoms with E-state index in [9.17, 15) is 5.11 Å². The standard InChI is InChI=1S/C34H50O2/c1-23(2)25-10-12-26(13-11-25)30-21-33(6)28(14-15-31(33)35)9-7-8-27-20-34(17-16-29(27)24(30)3)19-18-32(4,5)22-36-34/h10-13,27-28,30-31,35H,1,7-9,14-22H2,2-6H3/b29-24+. The Morgan fingerprint density at radius 3 is 2.39 bits per heavy atom. The predicted molar refractivity (Wildman–Crippen MR) is 151 cm³/mol. The van der Waals surface area contributed by atoms with Gasteiger partial charge in [0.2, 0.25) is 0 Å². The van der Waals surface area contributed by atoms with Gasteiger partial charge in [-0.1, -0.05) is 74.8 Å². The molecule has 6 unspecified atom stereocenters. The third-order valence-corrected chi connectivity index (χ3v) is 11.1. The van der Waals surface area contributed by atoms with E-state index < -0.39 is 0 Å². The van der Waals surface area contributed by atoms with E-state index in [-0.39, 0.29) is 17.1 Å². The zero-order chi connectivity index (χ0) is 25.7. The van der Waals surface area contributed by atoms with Crippen LogP contribution < -0.4 is 0 Å². The maximum atomic E-state index is 11.2. The van der Waals surface area contributed by atoms with Crippen molar-refractivity contribution in [2.45, 2.75) is 123 Å². The molecule has 1 aliphatic heterocycles. The highest BCUT2D eigenvalue weighted by Gasteiger charge is 2.49. The summed E-state index contributed by atoms with van der Waals surface area (Å²) in [6, 6.07) is 9.19. The summed E-state index contributed by atoms with van der Waals surface area (Å²) < 4.78 is 6.72. The van der Waals surface area contributed by atoms with Gasteiger partial charge in [0.25, 0.3) is 0 Å². The van der Waals surface area contributed by atoms with Crippen LogP contribution in [0.3, 0.4) is 0 Å². The van der Waals surface area contributed by atoms with Gasteiger partial charge in [-0.3, -0.25) is 0 Å². The predicted octanol–water partition coefficient (Wildman–Crippen LogP) is 8.85. The number of aliphatic hydroxyl groups is 1. The minimum absolute atomic E-state index is 0.000299. The SMILES string of the molecule is C=C(C)c1ccc(C2CC3(C)C(O)CCC3CCCC3CC4(CC/C3=C\2C)CCC(C)(C)CO4)cc1. The molecule has 1 N–H and O–H groups in total. The fourth-order valence-electron chi connectivity index (χ4n) is 8.32. The molecule has 2 nitrogen and oxygen atoms in total. The lowest BCUT2D eigenvalue weighted by Crippen LogP contribution is -2.46. The Morgan fingerprint density at radius 2 is 1.72 bits per heavy atom. The second kappa shape index (κ2) is 9.73. The third-order valence-electron chi connectivity index (χ3n) is 11.1. The first-order chi connectivity index (χ1) is 17.0. The second-order valence-corrected chi connectivity index (χ2v) is 14.1. The van der Waals surface area contributed by atoms with Crippen LogP contribution in [-0.2, 0) is 4.74 Å². The lowest BCUT2D eigenvalue weighted by Gasteiger charge is -2.49. The fourth-order valence-corrected chi connectivity index (χ4v) is 8.32. The Balaban J connectivity index is 1.51. The first-order valence-electron chi connectivity index (χ1n) is 14.8. The number of ether oxygens (including phenoxy) is 1. The van der Waals surface area contributed by atoms with Gasteiger partial charge in [-0.15, -0.1) is 0 Å². The normalized spacial score (nSPS) is 40.9. The maximum absolute atomic E-state index is 11.2. The van der Waals surface area contributed by atoms with E-state index in [1.54, 1.807) is 11.1 Å². The van der Waals surface area contributed by atoms with Crippen molar-refractivity contribution in [1.82, 2.24) is 0 Å². The molecule has 198 valence electrons. The first-order valence-corrected chi connectivity index (χ1v) is 14.8. The molecule has 5 rings (SSSR count). The fraction of sp³-hybridized carbons (Fsp3) is 0.706. The Bertz CT molecular complexity index is 989. The van der Waals surface area contributed by atoms with Gasteiger partial charge in [0.1, 0.15) is 0 Å². The van der Waals surface area contributed by atoms with Gasteiger partial charge in [-0.25, -0.2) is 0 Å². The van der Waals surface area contributed by atoms with Crippen molar-refractivity contribution in [2.24, 2.45) is 22.7 Å². The zero-order valence-electron chi connectivity index (χ0n) is 23.7. The van der Waals surface area contributed by atoms with Gasteiger partial charge in [0, 0.05) is 5.92 Å². The number of rotatable bonds is 2. The summed E-state index contributed by atoms with van der Waals surface area (Å²) in [6.45, 7) is 16.7. The van der Waals surface area contributed by atoms with Gasteiger partial charge < -0.3 is 9.84 Å². The zero-order valence-corrected chi connectivity index (χ0v) is 23.7. The van der Waals surface area contributed by atoms with Gasteiger partial charge >= 0.3 is 0 Å². The lowest BCUT2D eigenvalue weighted by molar-refractivity contribution is -0.143. The van der Waals surface area contributed by atoms with Crippen LogP contribution in [0.4, 0.5) is 0 Å². The smallest absolute Gasteiger partial charge is 0.0691 e. The van der Waals surface area contributed by atoms with Crippen molar-refractivity contribution in [3.8, 4) is 0 Å². The summed E-state index contributed by atoms with van der Waals surface area (Å²) in [6.07, 6.45) is 12.9. The average Bonchev–Trinajstić information content (AvgIpc) is 3.13. The topological polar surface area (TPSA) is 29.5 Å². The van der Waals surface area contributed by atoms with Crippen LogP contribution in [0.5, 0.6) is 0 Å². The second-order valence-electron chi connectivity index (χ2n) is 14.1. The summed E-state index contributed by atoms with van der Waals surface area (Å²) in [5.74, 6) is 1.65. The summed E-state index contributed by atoms with van der Waals surface area (Å²) in [5, 5.41) is 11.2. The molecular weight excluding hydrogens is 440 g/mol. The summed E-state index contributed by atoms with van der Waals surface area (Å²) >= 11 is 0. The minimum atomic E-state index is -0.179. The molecule has 3 fully saturated rings. The molecule has 1 heterocycles. The molecule has 0 amide bonds. The number of hydrogen-bond donors (Lipinski definition) is 1. The van der Waals surface area contributed by atoms with Crippen LogP contribution in [0.1, 0.15) is 122 Å². The molecule has 2 heteroatoms. The highest BCUT2D eigenvalue weighted by Crippen LogP contribution is 2.56. The summed E-state index contributed by atoms with van der Waals surface area (Å²) in [5.41, 5.74) is 7.50. The van der Waals surface area contributed by atoms with Crippen molar-refractivity contribution < 1.29 is 9.84 Å². The molecule has 0 bridgehead atoms. The Morgan fingerprint density at radius 1 is 0.972 bits per heavy atom. The van der Waals surface area contributed by atoms with Crippen molar-refractivity contribution in [2.75, 3.05) is 6.61 Å². The molecule has 4 aliphatic rings. The van der Waals surface area contributed by atoms with Crippen LogP contribution >= 0.6 is 0 Å². The van der Waals surface area contributed by atoms with Gasteiger partial charge in [-0.2, -0.15) is 0 Å². The molecule has 1 saturated heterocycles. The monoisotopic (exact) mass is 490 g/mol. The number of hydrogen-bond acceptors (Lipinski definition) is 2. The summed E-state index contributed by atoms with van der Waals surface area (Å²) in [4.78, 5) is 0. The van der Waals surface area contributed by atoms with E-state index in [2.05, 4.69) is 65.5 Å². The highest BCUT2D eigenvalue weighted by molar-refractivity contribution is 5.61. The molecule has 36 heavy (non-hydrogen) atoms. The number of aliphatic hydroxyl groups excluding tert-OH is 1. The number of benzene rings is 1. The number of fused-ring (bicyclic) bond motifs is 2. The highest BCUT2D eigenvalue weighted by atomic mass is 16.5. The molecule has 3 aliphatic carbocycles. The van der Waals surface area contributed by atoms with Gasteiger partial charge in [-0.05, 0) is 112 Å². The van der Waals surface area contributed by atoms with E-state index >= 15 is 0 Å².